The number of methoxy groups -OCH3 is 1. The Morgan fingerprint density at radius 3 is 2.50 bits per heavy atom. The summed E-state index contributed by atoms with van der Waals surface area (Å²) in [7, 11) is 1.61. The van der Waals surface area contributed by atoms with Gasteiger partial charge in [0, 0.05) is 0 Å². The van der Waals surface area contributed by atoms with Gasteiger partial charge in [0.15, 0.2) is 0 Å². The van der Waals surface area contributed by atoms with Crippen molar-refractivity contribution in [3.05, 3.63) is 29.8 Å². The summed E-state index contributed by atoms with van der Waals surface area (Å²) in [6, 6.07) is 7.34. The molecule has 0 aromatic heterocycles. The van der Waals surface area contributed by atoms with Crippen molar-refractivity contribution in [2.45, 2.75) is 19.4 Å². The van der Waals surface area contributed by atoms with Crippen LogP contribution in [0.3, 0.4) is 0 Å². The largest absolute Gasteiger partial charge is 0.497 e. The van der Waals surface area contributed by atoms with Crippen molar-refractivity contribution in [3.63, 3.8) is 0 Å². The lowest BCUT2D eigenvalue weighted by molar-refractivity contribution is 0.195. The summed E-state index contributed by atoms with van der Waals surface area (Å²) in [5.41, 5.74) is 0.931. The molecule has 1 rings (SSSR count). The Bertz CT molecular complexity index is 261. The number of rotatable bonds is 3. The molecule has 0 heterocycles. The highest BCUT2D eigenvalue weighted by Crippen LogP contribution is 2.12. The van der Waals surface area contributed by atoms with Crippen molar-refractivity contribution in [1.29, 1.82) is 0 Å². The van der Waals surface area contributed by atoms with Gasteiger partial charge in [-0.25, -0.2) is 0 Å². The molecular weight excluding hydrogens is 152 g/mol. The average molecular weight is 167 g/mol. The van der Waals surface area contributed by atoms with Crippen molar-refractivity contribution in [2.24, 2.45) is 0 Å². The van der Waals surface area contributed by atoms with Crippen LogP contribution in [-0.2, 0) is 6.42 Å². The summed E-state index contributed by atoms with van der Waals surface area (Å²) < 4.78 is 12.3. The Hall–Kier alpha value is -1.02. The summed E-state index contributed by atoms with van der Waals surface area (Å²) in [6.07, 6.45) is -1.06. The van der Waals surface area contributed by atoms with Gasteiger partial charge < -0.3 is 9.84 Å². The minimum atomic E-state index is -1.39. The zero-order valence-electron chi connectivity index (χ0n) is 8.37. The second-order valence-corrected chi connectivity index (χ2v) is 2.76. The Morgan fingerprint density at radius 1 is 1.50 bits per heavy atom. The number of ether oxygens (including phenoxy) is 1. The lowest BCUT2D eigenvalue weighted by atomic mass is 10.1. The minimum Gasteiger partial charge on any atom is -0.497 e. The molecule has 0 amide bonds. The first kappa shape index (κ1) is 7.62. The van der Waals surface area contributed by atoms with E-state index in [9.17, 15) is 5.11 Å². The van der Waals surface area contributed by atoms with Crippen LogP contribution in [0.5, 0.6) is 5.75 Å². The van der Waals surface area contributed by atoms with Crippen LogP contribution >= 0.6 is 0 Å². The molecule has 0 aliphatic heterocycles. The highest BCUT2D eigenvalue weighted by molar-refractivity contribution is 5.27. The van der Waals surface area contributed by atoms with Gasteiger partial charge in [0.05, 0.1) is 14.6 Å². The molecule has 0 fully saturated rings. The lowest BCUT2D eigenvalue weighted by Crippen LogP contribution is -2.03. The standard InChI is InChI=1S/C10H14O2/c1-8(11)7-9-3-5-10(12-2)6-4-9/h3-6,8,11H,7H2,1-2H3/t8-/m0/s1/i8D. The third-order valence-corrected chi connectivity index (χ3v) is 1.62. The number of aliphatic hydroxyl groups is 1. The minimum absolute atomic E-state index is 0.330. The highest BCUT2D eigenvalue weighted by atomic mass is 16.5. The fourth-order valence-corrected chi connectivity index (χ4v) is 1.04. The zero-order chi connectivity index (χ0) is 9.90. The molecule has 0 radical (unpaired) electrons. The SMILES string of the molecule is [2H][C@@](C)(O)Cc1ccc(OC)cc1. The van der Waals surface area contributed by atoms with Gasteiger partial charge in [-0.15, -0.1) is 0 Å². The Kier molecular flexibility index (Phi) is 2.61. The highest BCUT2D eigenvalue weighted by Gasteiger charge is 1.98. The molecule has 0 saturated heterocycles. The molecule has 0 aliphatic carbocycles. The molecule has 66 valence electrons. The Balaban J connectivity index is 2.70. The van der Waals surface area contributed by atoms with E-state index >= 15 is 0 Å². The van der Waals surface area contributed by atoms with Gasteiger partial charge in [0.25, 0.3) is 0 Å². The molecule has 1 aromatic carbocycles. The van der Waals surface area contributed by atoms with Crippen LogP contribution in [-0.4, -0.2) is 18.3 Å². The van der Waals surface area contributed by atoms with Crippen molar-refractivity contribution < 1.29 is 11.2 Å². The van der Waals surface area contributed by atoms with E-state index in [1.165, 1.54) is 6.92 Å². The van der Waals surface area contributed by atoms with Gasteiger partial charge in [-0.3, -0.25) is 0 Å². The monoisotopic (exact) mass is 167 g/mol. The Morgan fingerprint density at radius 2 is 2.08 bits per heavy atom. The van der Waals surface area contributed by atoms with Gasteiger partial charge in [-0.2, -0.15) is 0 Å². The maximum atomic E-state index is 9.23. The van der Waals surface area contributed by atoms with E-state index in [0.717, 1.165) is 11.3 Å². The Labute approximate surface area is 74.2 Å². The summed E-state index contributed by atoms with van der Waals surface area (Å²) in [6.45, 7) is 1.47. The van der Waals surface area contributed by atoms with E-state index in [0.29, 0.717) is 6.42 Å². The van der Waals surface area contributed by atoms with E-state index in [2.05, 4.69) is 0 Å². The quantitative estimate of drug-likeness (QED) is 0.741. The molecule has 0 unspecified atom stereocenters. The van der Waals surface area contributed by atoms with Crippen LogP contribution in [0.2, 0.25) is 0 Å². The molecule has 0 aliphatic rings. The maximum Gasteiger partial charge on any atom is 0.118 e. The normalized spacial score (nSPS) is 16.4. The topological polar surface area (TPSA) is 29.5 Å². The fourth-order valence-electron chi connectivity index (χ4n) is 1.04. The van der Waals surface area contributed by atoms with Crippen molar-refractivity contribution >= 4 is 0 Å². The predicted molar refractivity (Wildman–Crippen MR) is 48.4 cm³/mol. The first-order valence-corrected chi connectivity index (χ1v) is 3.86. The summed E-state index contributed by atoms with van der Waals surface area (Å²) >= 11 is 0. The third kappa shape index (κ3) is 2.55. The molecule has 2 nitrogen and oxygen atoms in total. The van der Waals surface area contributed by atoms with Crippen molar-refractivity contribution in [3.8, 4) is 5.75 Å². The smallest absolute Gasteiger partial charge is 0.118 e. The number of benzene rings is 1. The molecule has 0 saturated carbocycles. The van der Waals surface area contributed by atoms with Crippen LogP contribution in [0.4, 0.5) is 0 Å². The third-order valence-electron chi connectivity index (χ3n) is 1.62. The molecule has 12 heavy (non-hydrogen) atoms. The van der Waals surface area contributed by atoms with Gasteiger partial charge >= 0.3 is 0 Å². The van der Waals surface area contributed by atoms with Gasteiger partial charge in [-0.05, 0) is 31.0 Å². The molecule has 0 bridgehead atoms. The van der Waals surface area contributed by atoms with Gasteiger partial charge in [0.1, 0.15) is 5.75 Å². The summed E-state index contributed by atoms with van der Waals surface area (Å²) in [4.78, 5) is 0. The van der Waals surface area contributed by atoms with Crippen LogP contribution in [0.25, 0.3) is 0 Å². The molecule has 1 aromatic rings. The van der Waals surface area contributed by atoms with E-state index < -0.39 is 6.08 Å². The zero-order valence-corrected chi connectivity index (χ0v) is 7.37. The van der Waals surface area contributed by atoms with Gasteiger partial charge in [0.2, 0.25) is 0 Å². The summed E-state index contributed by atoms with van der Waals surface area (Å²) in [5.74, 6) is 0.786. The lowest BCUT2D eigenvalue weighted by Gasteiger charge is -2.04. The molecular formula is C10H14O2. The van der Waals surface area contributed by atoms with Crippen molar-refractivity contribution in [1.82, 2.24) is 0 Å². The van der Waals surface area contributed by atoms with Crippen LogP contribution in [0.1, 0.15) is 13.9 Å². The number of hydrogen-bond donors (Lipinski definition) is 1. The van der Waals surface area contributed by atoms with Crippen LogP contribution < -0.4 is 4.74 Å². The van der Waals surface area contributed by atoms with Crippen LogP contribution in [0, 0.1) is 0 Å². The molecule has 2 heteroatoms. The average Bonchev–Trinajstić information content (AvgIpc) is 2.03. The number of hydrogen-bond acceptors (Lipinski definition) is 2. The van der Waals surface area contributed by atoms with Crippen molar-refractivity contribution in [2.75, 3.05) is 7.11 Å². The molecule has 0 spiro atoms. The fraction of sp³-hybridized carbons (Fsp3) is 0.400. The van der Waals surface area contributed by atoms with Gasteiger partial charge in [-0.1, -0.05) is 12.1 Å². The first-order valence-electron chi connectivity index (χ1n) is 4.36. The van der Waals surface area contributed by atoms with E-state index in [-0.39, 0.29) is 0 Å². The maximum absolute atomic E-state index is 9.23. The molecule has 1 N–H and O–H groups in total. The van der Waals surface area contributed by atoms with E-state index in [1.54, 1.807) is 7.11 Å². The second kappa shape index (κ2) is 4.12. The van der Waals surface area contributed by atoms with E-state index in [1.807, 2.05) is 24.3 Å². The summed E-state index contributed by atoms with van der Waals surface area (Å²) in [5, 5.41) is 9.23. The predicted octanol–water partition coefficient (Wildman–Crippen LogP) is 1.62. The molecule has 1 atom stereocenters. The van der Waals surface area contributed by atoms with E-state index in [4.69, 9.17) is 6.11 Å². The first-order chi connectivity index (χ1) is 6.01. The van der Waals surface area contributed by atoms with Crippen LogP contribution in [0.15, 0.2) is 24.3 Å². The second-order valence-electron chi connectivity index (χ2n) is 2.76.